The average Bonchev–Trinajstić information content (AvgIpc) is 2.56. The molecular formula is C19H26N2O. The third kappa shape index (κ3) is 5.24. The van der Waals surface area contributed by atoms with E-state index < -0.39 is 6.10 Å². The van der Waals surface area contributed by atoms with Crippen LogP contribution in [0.1, 0.15) is 37.5 Å². The Morgan fingerprint density at radius 2 is 1.73 bits per heavy atom. The lowest BCUT2D eigenvalue weighted by Crippen LogP contribution is -2.37. The lowest BCUT2D eigenvalue weighted by Gasteiger charge is -2.24. The van der Waals surface area contributed by atoms with Crippen molar-refractivity contribution in [1.82, 2.24) is 10.3 Å². The number of rotatable bonds is 8. The molecule has 1 aromatic carbocycles. The number of benzene rings is 1. The van der Waals surface area contributed by atoms with Crippen LogP contribution in [-0.4, -0.2) is 22.7 Å². The quantitative estimate of drug-likeness (QED) is 0.785. The largest absolute Gasteiger partial charge is 0.387 e. The highest BCUT2D eigenvalue weighted by molar-refractivity contribution is 5.15. The molecule has 3 heteroatoms. The summed E-state index contributed by atoms with van der Waals surface area (Å²) in [5.41, 5.74) is 2.28. The Labute approximate surface area is 133 Å². The van der Waals surface area contributed by atoms with Crippen molar-refractivity contribution in [3.8, 4) is 0 Å². The first-order valence-corrected chi connectivity index (χ1v) is 8.02. The van der Waals surface area contributed by atoms with Crippen LogP contribution in [0.25, 0.3) is 0 Å². The molecule has 0 saturated carbocycles. The lowest BCUT2D eigenvalue weighted by molar-refractivity contribution is 0.164. The van der Waals surface area contributed by atoms with E-state index in [1.807, 2.05) is 18.2 Å². The number of nitrogens with one attached hydrogen (secondary N) is 1. The van der Waals surface area contributed by atoms with Gasteiger partial charge in [0.25, 0.3) is 0 Å². The van der Waals surface area contributed by atoms with E-state index in [2.05, 4.69) is 48.4 Å². The number of aromatic nitrogens is 1. The van der Waals surface area contributed by atoms with Crippen LogP contribution < -0.4 is 5.32 Å². The molecule has 1 aromatic heterocycles. The second-order valence-electron chi connectivity index (χ2n) is 6.08. The van der Waals surface area contributed by atoms with Gasteiger partial charge in [0.05, 0.1) is 6.10 Å². The first-order valence-electron chi connectivity index (χ1n) is 8.02. The van der Waals surface area contributed by atoms with E-state index in [1.54, 1.807) is 12.4 Å². The minimum Gasteiger partial charge on any atom is -0.387 e. The minimum atomic E-state index is -0.485. The van der Waals surface area contributed by atoms with Gasteiger partial charge in [-0.25, -0.2) is 0 Å². The Kier molecular flexibility index (Phi) is 6.56. The average molecular weight is 298 g/mol. The van der Waals surface area contributed by atoms with Crippen LogP contribution in [0.4, 0.5) is 0 Å². The summed E-state index contributed by atoms with van der Waals surface area (Å²) in [6.45, 7) is 5.02. The van der Waals surface area contributed by atoms with Gasteiger partial charge in [-0.1, -0.05) is 44.2 Å². The van der Waals surface area contributed by atoms with Crippen LogP contribution in [0, 0.1) is 5.92 Å². The van der Waals surface area contributed by atoms with Crippen molar-refractivity contribution in [3.05, 3.63) is 66.0 Å². The maximum atomic E-state index is 10.2. The summed E-state index contributed by atoms with van der Waals surface area (Å²) < 4.78 is 0. The number of hydrogen-bond donors (Lipinski definition) is 2. The molecule has 0 bridgehead atoms. The van der Waals surface area contributed by atoms with Crippen LogP contribution in [0.2, 0.25) is 0 Å². The molecule has 2 unspecified atom stereocenters. The van der Waals surface area contributed by atoms with Gasteiger partial charge in [-0.05, 0) is 42.0 Å². The summed E-state index contributed by atoms with van der Waals surface area (Å²) in [6.07, 6.45) is 5.08. The van der Waals surface area contributed by atoms with Gasteiger partial charge in [0.15, 0.2) is 0 Å². The summed E-state index contributed by atoms with van der Waals surface area (Å²) in [6, 6.07) is 14.7. The van der Waals surface area contributed by atoms with Crippen molar-refractivity contribution < 1.29 is 5.11 Å². The van der Waals surface area contributed by atoms with Crippen LogP contribution in [0.5, 0.6) is 0 Å². The molecule has 0 aliphatic carbocycles. The molecule has 118 valence electrons. The molecule has 1 heterocycles. The molecule has 2 aromatic rings. The number of aryl methyl sites for hydroxylation is 1. The van der Waals surface area contributed by atoms with Crippen LogP contribution in [0.3, 0.4) is 0 Å². The maximum Gasteiger partial charge on any atom is 0.0915 e. The highest BCUT2D eigenvalue weighted by atomic mass is 16.3. The predicted molar refractivity (Wildman–Crippen MR) is 90.6 cm³/mol. The number of pyridine rings is 1. The molecule has 0 aliphatic heterocycles. The van der Waals surface area contributed by atoms with E-state index in [0.717, 1.165) is 18.4 Å². The minimum absolute atomic E-state index is 0.400. The van der Waals surface area contributed by atoms with E-state index in [4.69, 9.17) is 0 Å². The second kappa shape index (κ2) is 8.66. The van der Waals surface area contributed by atoms with Crippen LogP contribution in [0.15, 0.2) is 54.9 Å². The molecule has 0 saturated heterocycles. The Bertz CT molecular complexity index is 528. The van der Waals surface area contributed by atoms with Gasteiger partial charge < -0.3 is 10.4 Å². The highest BCUT2D eigenvalue weighted by Crippen LogP contribution is 2.14. The van der Waals surface area contributed by atoms with Gasteiger partial charge in [-0.2, -0.15) is 0 Å². The molecule has 2 atom stereocenters. The first kappa shape index (κ1) is 16.7. The van der Waals surface area contributed by atoms with E-state index in [0.29, 0.717) is 18.5 Å². The molecular weight excluding hydrogens is 272 g/mol. The van der Waals surface area contributed by atoms with Crippen molar-refractivity contribution >= 4 is 0 Å². The van der Waals surface area contributed by atoms with Crippen molar-refractivity contribution in [2.45, 2.75) is 38.8 Å². The summed E-state index contributed by atoms with van der Waals surface area (Å²) >= 11 is 0. The second-order valence-corrected chi connectivity index (χ2v) is 6.08. The predicted octanol–water partition coefficient (Wildman–Crippen LogP) is 3.36. The topological polar surface area (TPSA) is 45.1 Å². The van der Waals surface area contributed by atoms with Gasteiger partial charge in [0.1, 0.15) is 0 Å². The monoisotopic (exact) mass is 298 g/mol. The fourth-order valence-electron chi connectivity index (χ4n) is 2.60. The van der Waals surface area contributed by atoms with Gasteiger partial charge in [0.2, 0.25) is 0 Å². The standard InChI is InChI=1S/C19H26N2O/c1-15(2)18(9-8-16-6-4-3-5-7-16)21-14-19(22)17-10-12-20-13-11-17/h3-7,10-13,15,18-19,21-22H,8-9,14H2,1-2H3. The Morgan fingerprint density at radius 1 is 1.05 bits per heavy atom. The number of hydrogen-bond acceptors (Lipinski definition) is 3. The molecule has 0 amide bonds. The Morgan fingerprint density at radius 3 is 2.36 bits per heavy atom. The lowest BCUT2D eigenvalue weighted by atomic mass is 9.96. The van der Waals surface area contributed by atoms with Crippen molar-refractivity contribution in [2.75, 3.05) is 6.54 Å². The number of aliphatic hydroxyl groups is 1. The normalized spacial score (nSPS) is 14.0. The van der Waals surface area contributed by atoms with Gasteiger partial charge >= 0.3 is 0 Å². The summed E-state index contributed by atoms with van der Waals surface area (Å²) in [7, 11) is 0. The SMILES string of the molecule is CC(C)C(CCc1ccccc1)NCC(O)c1ccncc1. The van der Waals surface area contributed by atoms with E-state index in [-0.39, 0.29) is 0 Å². The molecule has 0 radical (unpaired) electrons. The summed E-state index contributed by atoms with van der Waals surface area (Å²) in [4.78, 5) is 3.98. The third-order valence-electron chi connectivity index (χ3n) is 4.06. The fourth-order valence-corrected chi connectivity index (χ4v) is 2.60. The third-order valence-corrected chi connectivity index (χ3v) is 4.06. The van der Waals surface area contributed by atoms with Gasteiger partial charge in [-0.3, -0.25) is 4.98 Å². The van der Waals surface area contributed by atoms with E-state index in [9.17, 15) is 5.11 Å². The number of nitrogens with zero attached hydrogens (tertiary/aromatic N) is 1. The zero-order chi connectivity index (χ0) is 15.8. The number of aliphatic hydroxyl groups excluding tert-OH is 1. The van der Waals surface area contributed by atoms with Gasteiger partial charge in [-0.15, -0.1) is 0 Å². The van der Waals surface area contributed by atoms with E-state index >= 15 is 0 Å². The van der Waals surface area contributed by atoms with Crippen molar-refractivity contribution in [1.29, 1.82) is 0 Å². The molecule has 0 aliphatic rings. The molecule has 0 spiro atoms. The highest BCUT2D eigenvalue weighted by Gasteiger charge is 2.15. The summed E-state index contributed by atoms with van der Waals surface area (Å²) in [5.74, 6) is 0.536. The molecule has 0 fully saturated rings. The maximum absolute atomic E-state index is 10.2. The first-order chi connectivity index (χ1) is 10.7. The fraction of sp³-hybridized carbons (Fsp3) is 0.421. The molecule has 2 rings (SSSR count). The zero-order valence-corrected chi connectivity index (χ0v) is 13.4. The van der Waals surface area contributed by atoms with Crippen molar-refractivity contribution in [2.24, 2.45) is 5.92 Å². The van der Waals surface area contributed by atoms with E-state index in [1.165, 1.54) is 5.56 Å². The van der Waals surface area contributed by atoms with Crippen molar-refractivity contribution in [3.63, 3.8) is 0 Å². The van der Waals surface area contributed by atoms with Crippen LogP contribution >= 0.6 is 0 Å². The Balaban J connectivity index is 1.84. The molecule has 3 nitrogen and oxygen atoms in total. The van der Waals surface area contributed by atoms with Gasteiger partial charge in [0, 0.05) is 25.0 Å². The van der Waals surface area contributed by atoms with Crippen LogP contribution in [-0.2, 0) is 6.42 Å². The smallest absolute Gasteiger partial charge is 0.0915 e. The molecule has 2 N–H and O–H groups in total. The summed E-state index contributed by atoms with van der Waals surface area (Å²) in [5, 5.41) is 13.8. The molecule has 22 heavy (non-hydrogen) atoms. The zero-order valence-electron chi connectivity index (χ0n) is 13.4. The Hall–Kier alpha value is -1.71.